The molecular formula is C17H18O2. The van der Waals surface area contributed by atoms with E-state index in [1.165, 1.54) is 5.56 Å². The van der Waals surface area contributed by atoms with E-state index in [0.717, 1.165) is 0 Å². The summed E-state index contributed by atoms with van der Waals surface area (Å²) in [5, 5.41) is 0. The van der Waals surface area contributed by atoms with Gasteiger partial charge in [0.05, 0.1) is 12.7 Å². The van der Waals surface area contributed by atoms with E-state index in [-0.39, 0.29) is 5.78 Å². The van der Waals surface area contributed by atoms with Gasteiger partial charge in [-0.1, -0.05) is 50.2 Å². The number of methoxy groups -OCH3 is 1. The lowest BCUT2D eigenvalue weighted by molar-refractivity contribution is 0.103. The minimum absolute atomic E-state index is 0.00671. The number of hydrogen-bond acceptors (Lipinski definition) is 2. The summed E-state index contributed by atoms with van der Waals surface area (Å²) >= 11 is 0. The van der Waals surface area contributed by atoms with E-state index >= 15 is 0 Å². The van der Waals surface area contributed by atoms with Crippen LogP contribution in [-0.4, -0.2) is 12.9 Å². The predicted octanol–water partition coefficient (Wildman–Crippen LogP) is 4.05. The maximum absolute atomic E-state index is 12.4. The Morgan fingerprint density at radius 3 is 2.32 bits per heavy atom. The monoisotopic (exact) mass is 254 g/mol. The SMILES string of the molecule is COc1cc(C(C)C)ccc1C(=O)c1ccccc1. The Bertz CT molecular complexity index is 571. The molecule has 2 nitrogen and oxygen atoms in total. The van der Waals surface area contributed by atoms with Crippen LogP contribution in [0.5, 0.6) is 5.75 Å². The van der Waals surface area contributed by atoms with Crippen molar-refractivity contribution in [2.24, 2.45) is 0 Å². The highest BCUT2D eigenvalue weighted by Gasteiger charge is 2.15. The summed E-state index contributed by atoms with van der Waals surface area (Å²) in [6.07, 6.45) is 0. The number of rotatable bonds is 4. The van der Waals surface area contributed by atoms with E-state index in [1.54, 1.807) is 7.11 Å². The first-order chi connectivity index (χ1) is 9.13. The average Bonchev–Trinajstić information content (AvgIpc) is 2.46. The summed E-state index contributed by atoms with van der Waals surface area (Å²) < 4.78 is 5.36. The fraction of sp³-hybridized carbons (Fsp3) is 0.235. The zero-order valence-corrected chi connectivity index (χ0v) is 11.5. The molecule has 0 unspecified atom stereocenters. The molecule has 0 spiro atoms. The van der Waals surface area contributed by atoms with Crippen LogP contribution < -0.4 is 4.74 Å². The van der Waals surface area contributed by atoms with Gasteiger partial charge in [-0.15, -0.1) is 0 Å². The van der Waals surface area contributed by atoms with Crippen molar-refractivity contribution in [3.63, 3.8) is 0 Å². The number of hydrogen-bond donors (Lipinski definition) is 0. The normalized spacial score (nSPS) is 10.5. The van der Waals surface area contributed by atoms with Crippen LogP contribution in [-0.2, 0) is 0 Å². The molecule has 2 aromatic rings. The molecule has 0 bridgehead atoms. The third-order valence-electron chi connectivity index (χ3n) is 3.17. The minimum atomic E-state index is -0.00671. The van der Waals surface area contributed by atoms with Crippen molar-refractivity contribution in [3.05, 3.63) is 65.2 Å². The highest BCUT2D eigenvalue weighted by Crippen LogP contribution is 2.26. The number of ether oxygens (including phenoxy) is 1. The summed E-state index contributed by atoms with van der Waals surface area (Å²) in [5.74, 6) is 1.04. The molecule has 0 aromatic heterocycles. The molecule has 0 saturated heterocycles. The standard InChI is InChI=1S/C17H18O2/c1-12(2)14-9-10-15(16(11-14)19-3)17(18)13-7-5-4-6-8-13/h4-12H,1-3H3. The summed E-state index contributed by atoms with van der Waals surface area (Å²) in [6, 6.07) is 15.0. The van der Waals surface area contributed by atoms with Crippen LogP contribution in [0, 0.1) is 0 Å². The van der Waals surface area contributed by atoms with Crippen molar-refractivity contribution in [1.29, 1.82) is 0 Å². The number of benzene rings is 2. The molecule has 0 aliphatic rings. The number of carbonyl (C=O) groups is 1. The summed E-state index contributed by atoms with van der Waals surface area (Å²) in [7, 11) is 1.60. The zero-order valence-electron chi connectivity index (χ0n) is 11.5. The van der Waals surface area contributed by atoms with E-state index < -0.39 is 0 Å². The molecule has 0 saturated carbocycles. The van der Waals surface area contributed by atoms with E-state index in [2.05, 4.69) is 13.8 Å². The van der Waals surface area contributed by atoms with Crippen LogP contribution in [0.15, 0.2) is 48.5 Å². The second-order valence-corrected chi connectivity index (χ2v) is 4.81. The lowest BCUT2D eigenvalue weighted by atomic mass is 9.97. The van der Waals surface area contributed by atoms with Gasteiger partial charge in [0.1, 0.15) is 5.75 Å². The second-order valence-electron chi connectivity index (χ2n) is 4.81. The van der Waals surface area contributed by atoms with E-state index in [1.807, 2.05) is 48.5 Å². The Kier molecular flexibility index (Phi) is 4.00. The van der Waals surface area contributed by atoms with Crippen molar-refractivity contribution in [2.75, 3.05) is 7.11 Å². The van der Waals surface area contributed by atoms with Crippen LogP contribution in [0.1, 0.15) is 41.3 Å². The molecule has 2 aromatic carbocycles. The second kappa shape index (κ2) is 5.70. The molecule has 0 atom stereocenters. The van der Waals surface area contributed by atoms with Crippen molar-refractivity contribution in [1.82, 2.24) is 0 Å². The molecule has 19 heavy (non-hydrogen) atoms. The largest absolute Gasteiger partial charge is 0.496 e. The van der Waals surface area contributed by atoms with Crippen molar-refractivity contribution < 1.29 is 9.53 Å². The maximum Gasteiger partial charge on any atom is 0.196 e. The van der Waals surface area contributed by atoms with E-state index in [4.69, 9.17) is 4.74 Å². The fourth-order valence-corrected chi connectivity index (χ4v) is 2.00. The lowest BCUT2D eigenvalue weighted by Gasteiger charge is -2.12. The molecule has 2 rings (SSSR count). The molecule has 0 aliphatic carbocycles. The summed E-state index contributed by atoms with van der Waals surface area (Å²) in [5.41, 5.74) is 2.46. The first-order valence-corrected chi connectivity index (χ1v) is 6.41. The molecule has 0 radical (unpaired) electrons. The van der Waals surface area contributed by atoms with Crippen molar-refractivity contribution in [3.8, 4) is 5.75 Å². The van der Waals surface area contributed by atoms with Crippen LogP contribution in [0.3, 0.4) is 0 Å². The topological polar surface area (TPSA) is 26.3 Å². The molecule has 0 N–H and O–H groups in total. The van der Waals surface area contributed by atoms with Gasteiger partial charge >= 0.3 is 0 Å². The maximum atomic E-state index is 12.4. The summed E-state index contributed by atoms with van der Waals surface area (Å²) in [4.78, 5) is 12.4. The van der Waals surface area contributed by atoms with Crippen molar-refractivity contribution >= 4 is 5.78 Å². The van der Waals surface area contributed by atoms with Gasteiger partial charge in [-0.2, -0.15) is 0 Å². The Balaban J connectivity index is 2.42. The van der Waals surface area contributed by atoms with Crippen LogP contribution in [0.25, 0.3) is 0 Å². The fourth-order valence-electron chi connectivity index (χ4n) is 2.00. The van der Waals surface area contributed by atoms with Gasteiger partial charge < -0.3 is 4.74 Å². The first-order valence-electron chi connectivity index (χ1n) is 6.41. The Hall–Kier alpha value is -2.09. The molecule has 2 heteroatoms. The van der Waals surface area contributed by atoms with Gasteiger partial charge in [0.2, 0.25) is 0 Å². The highest BCUT2D eigenvalue weighted by molar-refractivity contribution is 6.10. The smallest absolute Gasteiger partial charge is 0.196 e. The Morgan fingerprint density at radius 2 is 1.74 bits per heavy atom. The quantitative estimate of drug-likeness (QED) is 0.769. The zero-order chi connectivity index (χ0) is 13.8. The highest BCUT2D eigenvalue weighted by atomic mass is 16.5. The van der Waals surface area contributed by atoms with Crippen LogP contribution >= 0.6 is 0 Å². The number of ketones is 1. The molecule has 0 amide bonds. The van der Waals surface area contributed by atoms with Gasteiger partial charge in [0.25, 0.3) is 0 Å². The Labute approximate surface area is 114 Å². The van der Waals surface area contributed by atoms with Crippen LogP contribution in [0.4, 0.5) is 0 Å². The molecule has 0 aliphatic heterocycles. The molecule has 98 valence electrons. The van der Waals surface area contributed by atoms with Gasteiger partial charge in [-0.3, -0.25) is 4.79 Å². The molecule has 0 fully saturated rings. The first kappa shape index (κ1) is 13.3. The third-order valence-corrected chi connectivity index (χ3v) is 3.17. The third kappa shape index (κ3) is 2.84. The van der Waals surface area contributed by atoms with Gasteiger partial charge in [0.15, 0.2) is 5.78 Å². The van der Waals surface area contributed by atoms with Crippen LogP contribution in [0.2, 0.25) is 0 Å². The average molecular weight is 254 g/mol. The Morgan fingerprint density at radius 1 is 1.05 bits per heavy atom. The van der Waals surface area contributed by atoms with Gasteiger partial charge in [0, 0.05) is 5.56 Å². The van der Waals surface area contributed by atoms with Gasteiger partial charge in [-0.05, 0) is 23.6 Å². The number of carbonyl (C=O) groups excluding carboxylic acids is 1. The van der Waals surface area contributed by atoms with E-state index in [9.17, 15) is 4.79 Å². The predicted molar refractivity (Wildman–Crippen MR) is 77.0 cm³/mol. The van der Waals surface area contributed by atoms with E-state index in [0.29, 0.717) is 22.8 Å². The minimum Gasteiger partial charge on any atom is -0.496 e. The molecular weight excluding hydrogens is 236 g/mol. The molecule has 0 heterocycles. The van der Waals surface area contributed by atoms with Crippen molar-refractivity contribution in [2.45, 2.75) is 19.8 Å². The lowest BCUT2D eigenvalue weighted by Crippen LogP contribution is -2.04. The van der Waals surface area contributed by atoms with Gasteiger partial charge in [-0.25, -0.2) is 0 Å². The summed E-state index contributed by atoms with van der Waals surface area (Å²) in [6.45, 7) is 4.24.